The van der Waals surface area contributed by atoms with Crippen molar-refractivity contribution < 1.29 is 5.11 Å². The molecule has 0 fully saturated rings. The lowest BCUT2D eigenvalue weighted by molar-refractivity contribution is 0.169. The van der Waals surface area contributed by atoms with Gasteiger partial charge in [-0.15, -0.1) is 0 Å². The van der Waals surface area contributed by atoms with Crippen LogP contribution in [0.15, 0.2) is 42.9 Å². The van der Waals surface area contributed by atoms with Crippen LogP contribution in [-0.4, -0.2) is 27.7 Å². The van der Waals surface area contributed by atoms with Gasteiger partial charge in [0.1, 0.15) is 11.8 Å². The summed E-state index contributed by atoms with van der Waals surface area (Å²) < 4.78 is 0. The summed E-state index contributed by atoms with van der Waals surface area (Å²) in [7, 11) is 0. The predicted molar refractivity (Wildman–Crippen MR) is 83.9 cm³/mol. The predicted octanol–water partition coefficient (Wildman–Crippen LogP) is 1.99. The van der Waals surface area contributed by atoms with Crippen molar-refractivity contribution in [1.82, 2.24) is 15.3 Å². The number of hydrogen-bond donors (Lipinski definition) is 2. The molecule has 0 saturated heterocycles. The molecule has 0 aliphatic carbocycles. The number of rotatable bonds is 7. The maximum absolute atomic E-state index is 10.1. The van der Waals surface area contributed by atoms with Gasteiger partial charge in [0.25, 0.3) is 0 Å². The highest BCUT2D eigenvalue weighted by Gasteiger charge is 2.09. The summed E-state index contributed by atoms with van der Waals surface area (Å²) in [6.07, 6.45) is 6.39. The quantitative estimate of drug-likeness (QED) is 0.816. The number of nitrogens with zero attached hydrogens (tertiary/aromatic N) is 3. The first kappa shape index (κ1) is 16.1. The molecule has 114 valence electrons. The molecule has 0 saturated carbocycles. The van der Waals surface area contributed by atoms with Crippen molar-refractivity contribution in [2.45, 2.75) is 31.9 Å². The molecule has 2 rings (SSSR count). The maximum atomic E-state index is 10.1. The van der Waals surface area contributed by atoms with Crippen LogP contribution >= 0.6 is 0 Å². The zero-order valence-corrected chi connectivity index (χ0v) is 12.6. The van der Waals surface area contributed by atoms with Gasteiger partial charge >= 0.3 is 0 Å². The first-order valence-corrected chi connectivity index (χ1v) is 7.35. The molecule has 2 heterocycles. The molecule has 0 spiro atoms. The first-order valence-electron chi connectivity index (χ1n) is 7.35. The summed E-state index contributed by atoms with van der Waals surface area (Å²) in [5, 5.41) is 22.1. The number of nitrogens with one attached hydrogen (secondary N) is 1. The first-order chi connectivity index (χ1) is 10.7. The van der Waals surface area contributed by atoms with Crippen LogP contribution in [-0.2, 0) is 6.42 Å². The van der Waals surface area contributed by atoms with E-state index in [9.17, 15) is 5.11 Å². The van der Waals surface area contributed by atoms with Crippen LogP contribution in [0.2, 0.25) is 0 Å². The number of nitriles is 1. The molecule has 2 aromatic heterocycles. The second-order valence-electron chi connectivity index (χ2n) is 5.31. The van der Waals surface area contributed by atoms with Crippen molar-refractivity contribution in [3.63, 3.8) is 0 Å². The standard InChI is InChI=1S/C17H20N4O/c1-13(4-5-14-6-7-16(9-18)21-10-14)20-12-17(22)15-3-2-8-19-11-15/h2-3,6-8,10-11,13,17,20,22H,4-5,12H2,1H3. The lowest BCUT2D eigenvalue weighted by atomic mass is 10.1. The van der Waals surface area contributed by atoms with E-state index in [1.54, 1.807) is 24.7 Å². The van der Waals surface area contributed by atoms with E-state index in [4.69, 9.17) is 5.26 Å². The lowest BCUT2D eigenvalue weighted by Crippen LogP contribution is -2.30. The minimum atomic E-state index is -0.548. The maximum Gasteiger partial charge on any atom is 0.140 e. The molecule has 0 aliphatic heterocycles. The van der Waals surface area contributed by atoms with Gasteiger partial charge in [-0.05, 0) is 37.5 Å². The van der Waals surface area contributed by atoms with Crippen molar-refractivity contribution in [3.05, 3.63) is 59.7 Å². The Morgan fingerprint density at radius 2 is 2.18 bits per heavy atom. The Balaban J connectivity index is 1.73. The number of aliphatic hydroxyl groups excluding tert-OH is 1. The van der Waals surface area contributed by atoms with Gasteiger partial charge in [-0.2, -0.15) is 5.26 Å². The van der Waals surface area contributed by atoms with Crippen LogP contribution in [0.5, 0.6) is 0 Å². The molecule has 5 nitrogen and oxygen atoms in total. The SMILES string of the molecule is CC(CCc1ccc(C#N)nc1)NCC(O)c1cccnc1. The molecule has 22 heavy (non-hydrogen) atoms. The molecule has 2 N–H and O–H groups in total. The zero-order chi connectivity index (χ0) is 15.8. The van der Waals surface area contributed by atoms with Gasteiger partial charge in [-0.25, -0.2) is 4.98 Å². The summed E-state index contributed by atoms with van der Waals surface area (Å²) in [5.74, 6) is 0. The summed E-state index contributed by atoms with van der Waals surface area (Å²) in [4.78, 5) is 8.07. The highest BCUT2D eigenvalue weighted by Crippen LogP contribution is 2.10. The normalized spacial score (nSPS) is 13.3. The average Bonchev–Trinajstić information content (AvgIpc) is 2.59. The molecule has 0 radical (unpaired) electrons. The molecule has 2 atom stereocenters. The fraction of sp³-hybridized carbons (Fsp3) is 0.353. The van der Waals surface area contributed by atoms with Gasteiger partial charge in [0, 0.05) is 36.7 Å². The van der Waals surface area contributed by atoms with Crippen LogP contribution in [0, 0.1) is 11.3 Å². The average molecular weight is 296 g/mol. The highest BCUT2D eigenvalue weighted by atomic mass is 16.3. The van der Waals surface area contributed by atoms with Crippen molar-refractivity contribution in [2.75, 3.05) is 6.54 Å². The molecule has 0 bridgehead atoms. The van der Waals surface area contributed by atoms with Crippen molar-refractivity contribution >= 4 is 0 Å². The number of aryl methyl sites for hydroxylation is 1. The summed E-state index contributed by atoms with van der Waals surface area (Å²) in [6, 6.07) is 9.65. The number of pyridine rings is 2. The van der Waals surface area contributed by atoms with Gasteiger partial charge in [-0.1, -0.05) is 12.1 Å². The van der Waals surface area contributed by atoms with Crippen LogP contribution < -0.4 is 5.32 Å². The summed E-state index contributed by atoms with van der Waals surface area (Å²) in [6.45, 7) is 2.59. The van der Waals surface area contributed by atoms with E-state index in [1.165, 1.54) is 0 Å². The van der Waals surface area contributed by atoms with Crippen molar-refractivity contribution in [1.29, 1.82) is 5.26 Å². The van der Waals surface area contributed by atoms with E-state index in [0.717, 1.165) is 24.0 Å². The third-order valence-electron chi connectivity index (χ3n) is 3.53. The largest absolute Gasteiger partial charge is 0.387 e. The highest BCUT2D eigenvalue weighted by molar-refractivity contribution is 5.23. The monoisotopic (exact) mass is 296 g/mol. The second kappa shape index (κ2) is 8.23. The van der Waals surface area contributed by atoms with Crippen LogP contribution in [0.1, 0.15) is 36.3 Å². The Kier molecular flexibility index (Phi) is 6.01. The summed E-state index contributed by atoms with van der Waals surface area (Å²) >= 11 is 0. The topological polar surface area (TPSA) is 81.8 Å². The van der Waals surface area contributed by atoms with Gasteiger partial charge in [0.2, 0.25) is 0 Å². The van der Waals surface area contributed by atoms with Gasteiger partial charge in [-0.3, -0.25) is 4.98 Å². The molecule has 5 heteroatoms. The van der Waals surface area contributed by atoms with Crippen LogP contribution in [0.25, 0.3) is 0 Å². The minimum Gasteiger partial charge on any atom is -0.387 e. The Morgan fingerprint density at radius 3 is 2.82 bits per heavy atom. The number of aliphatic hydroxyl groups is 1. The lowest BCUT2D eigenvalue weighted by Gasteiger charge is -2.17. The summed E-state index contributed by atoms with van der Waals surface area (Å²) in [5.41, 5.74) is 2.37. The molecule has 0 amide bonds. The zero-order valence-electron chi connectivity index (χ0n) is 12.6. The molecule has 2 aromatic rings. The van der Waals surface area contributed by atoms with E-state index >= 15 is 0 Å². The fourth-order valence-electron chi connectivity index (χ4n) is 2.13. The van der Waals surface area contributed by atoms with E-state index < -0.39 is 6.10 Å². The molecule has 2 unspecified atom stereocenters. The number of hydrogen-bond acceptors (Lipinski definition) is 5. The second-order valence-corrected chi connectivity index (χ2v) is 5.31. The molecular formula is C17H20N4O. The van der Waals surface area contributed by atoms with Crippen molar-refractivity contribution in [2.24, 2.45) is 0 Å². The Morgan fingerprint density at radius 1 is 1.32 bits per heavy atom. The smallest absolute Gasteiger partial charge is 0.140 e. The number of aromatic nitrogens is 2. The molecule has 0 aliphatic rings. The van der Waals surface area contributed by atoms with E-state index in [2.05, 4.69) is 22.2 Å². The minimum absolute atomic E-state index is 0.280. The van der Waals surface area contributed by atoms with Gasteiger partial charge in [0.05, 0.1) is 6.10 Å². The van der Waals surface area contributed by atoms with E-state index in [-0.39, 0.29) is 6.04 Å². The van der Waals surface area contributed by atoms with Gasteiger partial charge in [0.15, 0.2) is 0 Å². The molecule has 0 aromatic carbocycles. The van der Waals surface area contributed by atoms with E-state index in [1.807, 2.05) is 24.3 Å². The van der Waals surface area contributed by atoms with Crippen molar-refractivity contribution in [3.8, 4) is 6.07 Å². The van der Waals surface area contributed by atoms with E-state index in [0.29, 0.717) is 12.2 Å². The molecular weight excluding hydrogens is 276 g/mol. The Bertz CT molecular complexity index is 607. The Labute approximate surface area is 130 Å². The van der Waals surface area contributed by atoms with Gasteiger partial charge < -0.3 is 10.4 Å². The fourth-order valence-corrected chi connectivity index (χ4v) is 2.13. The third kappa shape index (κ3) is 4.92. The van der Waals surface area contributed by atoms with Crippen LogP contribution in [0.4, 0.5) is 0 Å². The third-order valence-corrected chi connectivity index (χ3v) is 3.53. The Hall–Kier alpha value is -2.29. The van der Waals surface area contributed by atoms with Crippen LogP contribution in [0.3, 0.4) is 0 Å².